The topological polar surface area (TPSA) is 60.9 Å². The summed E-state index contributed by atoms with van der Waals surface area (Å²) in [4.78, 5) is 27.9. The van der Waals surface area contributed by atoms with Gasteiger partial charge in [0.25, 0.3) is 0 Å². The van der Waals surface area contributed by atoms with Crippen molar-refractivity contribution in [3.8, 4) is 0 Å². The van der Waals surface area contributed by atoms with Gasteiger partial charge in [0.15, 0.2) is 0 Å². The highest BCUT2D eigenvalue weighted by Gasteiger charge is 2.42. The molecule has 5 heteroatoms. The second-order valence-corrected chi connectivity index (χ2v) is 6.12. The lowest BCUT2D eigenvalue weighted by atomic mass is 9.89. The Morgan fingerprint density at radius 3 is 2.38 bits per heavy atom. The molecule has 0 aromatic heterocycles. The first-order valence-electron chi connectivity index (χ1n) is 7.12. The standard InChI is InChI=1S/C16H22N2O3/c1-16(2,15(20)21)14(19)18-10-9-17(3)11-13(18)12-7-5-4-6-8-12/h4-8,13H,9-11H2,1-3H3,(H,20,21). The average Bonchev–Trinajstić information content (AvgIpc) is 2.47. The molecule has 1 aromatic carbocycles. The van der Waals surface area contributed by atoms with Crippen molar-refractivity contribution in [2.24, 2.45) is 5.41 Å². The van der Waals surface area contributed by atoms with Crippen LogP contribution in [0.5, 0.6) is 0 Å². The van der Waals surface area contributed by atoms with Gasteiger partial charge in [-0.3, -0.25) is 9.59 Å². The van der Waals surface area contributed by atoms with E-state index in [9.17, 15) is 14.7 Å². The minimum absolute atomic E-state index is 0.101. The van der Waals surface area contributed by atoms with E-state index < -0.39 is 11.4 Å². The first-order valence-corrected chi connectivity index (χ1v) is 7.12. The van der Waals surface area contributed by atoms with Crippen molar-refractivity contribution in [1.29, 1.82) is 0 Å². The zero-order valence-corrected chi connectivity index (χ0v) is 12.7. The van der Waals surface area contributed by atoms with Gasteiger partial charge in [0.2, 0.25) is 5.91 Å². The van der Waals surface area contributed by atoms with E-state index in [0.29, 0.717) is 13.1 Å². The highest BCUT2D eigenvalue weighted by atomic mass is 16.4. The number of carbonyl (C=O) groups is 2. The fourth-order valence-corrected chi connectivity index (χ4v) is 2.57. The molecule has 5 nitrogen and oxygen atoms in total. The van der Waals surface area contributed by atoms with Gasteiger partial charge in [-0.15, -0.1) is 0 Å². The number of aliphatic carboxylic acids is 1. The van der Waals surface area contributed by atoms with Gasteiger partial charge >= 0.3 is 5.97 Å². The molecule has 1 aliphatic rings. The van der Waals surface area contributed by atoms with Crippen LogP contribution in [0.1, 0.15) is 25.5 Å². The smallest absolute Gasteiger partial charge is 0.318 e. The molecule has 0 saturated carbocycles. The van der Waals surface area contributed by atoms with E-state index in [4.69, 9.17) is 0 Å². The lowest BCUT2D eigenvalue weighted by Gasteiger charge is -2.42. The minimum atomic E-state index is -1.40. The number of rotatable bonds is 3. The van der Waals surface area contributed by atoms with Gasteiger partial charge in [0.05, 0.1) is 6.04 Å². The fourth-order valence-electron chi connectivity index (χ4n) is 2.57. The Labute approximate surface area is 125 Å². The number of hydrogen-bond acceptors (Lipinski definition) is 3. The molecule has 0 radical (unpaired) electrons. The average molecular weight is 290 g/mol. The van der Waals surface area contributed by atoms with Crippen molar-refractivity contribution >= 4 is 11.9 Å². The van der Waals surface area contributed by atoms with Crippen LogP contribution in [0.3, 0.4) is 0 Å². The van der Waals surface area contributed by atoms with Crippen LogP contribution >= 0.6 is 0 Å². The third-order valence-electron chi connectivity index (χ3n) is 4.10. The van der Waals surface area contributed by atoms with Crippen LogP contribution in [-0.2, 0) is 9.59 Å². The van der Waals surface area contributed by atoms with Crippen LogP contribution < -0.4 is 0 Å². The zero-order chi connectivity index (χ0) is 15.6. The maximum Gasteiger partial charge on any atom is 0.318 e. The first kappa shape index (κ1) is 15.5. The van der Waals surface area contributed by atoms with E-state index >= 15 is 0 Å². The van der Waals surface area contributed by atoms with E-state index in [0.717, 1.165) is 12.1 Å². The summed E-state index contributed by atoms with van der Waals surface area (Å²) in [5.41, 5.74) is -0.359. The van der Waals surface area contributed by atoms with Gasteiger partial charge in [0, 0.05) is 19.6 Å². The fraction of sp³-hybridized carbons (Fsp3) is 0.500. The lowest BCUT2D eigenvalue weighted by molar-refractivity contribution is -0.160. The molecule has 2 rings (SSSR count). The summed E-state index contributed by atoms with van der Waals surface area (Å²) in [6.07, 6.45) is 0. The van der Waals surface area contributed by atoms with Gasteiger partial charge < -0.3 is 14.9 Å². The predicted molar refractivity (Wildman–Crippen MR) is 79.8 cm³/mol. The summed E-state index contributed by atoms with van der Waals surface area (Å²) in [6, 6.07) is 9.68. The Balaban J connectivity index is 2.31. The summed E-state index contributed by atoms with van der Waals surface area (Å²) in [5.74, 6) is -1.41. The predicted octanol–water partition coefficient (Wildman–Crippen LogP) is 1.61. The first-order chi connectivity index (χ1) is 9.84. The molecule has 1 aliphatic heterocycles. The minimum Gasteiger partial charge on any atom is -0.480 e. The van der Waals surface area contributed by atoms with E-state index in [1.807, 2.05) is 37.4 Å². The Hall–Kier alpha value is -1.88. The maximum atomic E-state index is 12.7. The summed E-state index contributed by atoms with van der Waals surface area (Å²) in [5, 5.41) is 9.29. The molecule has 1 unspecified atom stereocenters. The molecule has 1 aromatic rings. The molecule has 1 amide bonds. The molecule has 0 spiro atoms. The van der Waals surface area contributed by atoms with Crippen LogP contribution in [0.15, 0.2) is 30.3 Å². The Bertz CT molecular complexity index is 528. The molecule has 0 aliphatic carbocycles. The molecular weight excluding hydrogens is 268 g/mol. The second-order valence-electron chi connectivity index (χ2n) is 6.12. The number of hydrogen-bond donors (Lipinski definition) is 1. The van der Waals surface area contributed by atoms with Crippen molar-refractivity contribution in [3.63, 3.8) is 0 Å². The van der Waals surface area contributed by atoms with Crippen LogP contribution in [0.4, 0.5) is 0 Å². The largest absolute Gasteiger partial charge is 0.480 e. The highest BCUT2D eigenvalue weighted by Crippen LogP contribution is 2.30. The Morgan fingerprint density at radius 1 is 1.19 bits per heavy atom. The normalized spacial score (nSPS) is 20.3. The molecule has 0 bridgehead atoms. The molecule has 1 heterocycles. The Kier molecular flexibility index (Phi) is 4.32. The maximum absolute atomic E-state index is 12.7. The van der Waals surface area contributed by atoms with Gasteiger partial charge in [-0.1, -0.05) is 30.3 Å². The molecule has 1 N–H and O–H groups in total. The number of benzene rings is 1. The number of carboxylic acid groups (broad SMARTS) is 1. The number of carboxylic acids is 1. The van der Waals surface area contributed by atoms with Crippen LogP contribution in [0.25, 0.3) is 0 Å². The molecule has 21 heavy (non-hydrogen) atoms. The van der Waals surface area contributed by atoms with Crippen molar-refractivity contribution in [3.05, 3.63) is 35.9 Å². The summed E-state index contributed by atoms with van der Waals surface area (Å²) >= 11 is 0. The third-order valence-corrected chi connectivity index (χ3v) is 4.10. The van der Waals surface area contributed by atoms with Gasteiger partial charge in [-0.2, -0.15) is 0 Å². The molecule has 1 saturated heterocycles. The SMILES string of the molecule is CN1CCN(C(=O)C(C)(C)C(=O)O)C(c2ccccc2)C1. The molecular formula is C16H22N2O3. The molecule has 114 valence electrons. The molecule has 1 fully saturated rings. The number of piperazine rings is 1. The van der Waals surface area contributed by atoms with Gasteiger partial charge in [-0.05, 0) is 26.5 Å². The van der Waals surface area contributed by atoms with E-state index in [2.05, 4.69) is 4.90 Å². The number of carbonyl (C=O) groups excluding carboxylic acids is 1. The monoisotopic (exact) mass is 290 g/mol. The van der Waals surface area contributed by atoms with E-state index in [1.165, 1.54) is 13.8 Å². The van der Waals surface area contributed by atoms with Crippen LogP contribution in [0, 0.1) is 5.41 Å². The lowest BCUT2D eigenvalue weighted by Crippen LogP contribution is -2.54. The van der Waals surface area contributed by atoms with Gasteiger partial charge in [-0.25, -0.2) is 0 Å². The summed E-state index contributed by atoms with van der Waals surface area (Å²) < 4.78 is 0. The van der Waals surface area contributed by atoms with Crippen LogP contribution in [-0.4, -0.2) is 53.5 Å². The molecule has 1 atom stereocenters. The van der Waals surface area contributed by atoms with Crippen LogP contribution in [0.2, 0.25) is 0 Å². The summed E-state index contributed by atoms with van der Waals surface area (Å²) in [6.45, 7) is 4.96. The van der Waals surface area contributed by atoms with Crippen molar-refractivity contribution < 1.29 is 14.7 Å². The summed E-state index contributed by atoms with van der Waals surface area (Å²) in [7, 11) is 2.01. The van der Waals surface area contributed by atoms with Crippen molar-refractivity contribution in [2.45, 2.75) is 19.9 Å². The van der Waals surface area contributed by atoms with Gasteiger partial charge in [0.1, 0.15) is 5.41 Å². The number of amides is 1. The third kappa shape index (κ3) is 3.08. The highest BCUT2D eigenvalue weighted by molar-refractivity contribution is 6.01. The van der Waals surface area contributed by atoms with Crippen molar-refractivity contribution in [2.75, 3.05) is 26.7 Å². The number of nitrogens with zero attached hydrogens (tertiary/aromatic N) is 2. The quantitative estimate of drug-likeness (QED) is 0.859. The second kappa shape index (κ2) is 5.85. The zero-order valence-electron chi connectivity index (χ0n) is 12.7. The Morgan fingerprint density at radius 2 is 1.81 bits per heavy atom. The number of likely N-dealkylation sites (N-methyl/N-ethyl adjacent to an activating group) is 1. The van der Waals surface area contributed by atoms with E-state index in [1.54, 1.807) is 4.90 Å². The van der Waals surface area contributed by atoms with Crippen molar-refractivity contribution in [1.82, 2.24) is 9.80 Å². The van der Waals surface area contributed by atoms with E-state index in [-0.39, 0.29) is 11.9 Å².